The Morgan fingerprint density at radius 1 is 1.17 bits per heavy atom. The SMILES string of the molecule is CCNC(=NCC(O)COc1ccc(C(F)(F)F)cc1)NCCn1cccc1.I. The van der Waals surface area contributed by atoms with Crippen molar-refractivity contribution in [2.24, 2.45) is 4.99 Å². The highest BCUT2D eigenvalue weighted by Gasteiger charge is 2.30. The van der Waals surface area contributed by atoms with E-state index in [1.54, 1.807) is 0 Å². The van der Waals surface area contributed by atoms with Gasteiger partial charge in [-0.1, -0.05) is 0 Å². The Morgan fingerprint density at radius 3 is 2.41 bits per heavy atom. The fraction of sp³-hybridized carbons (Fsp3) is 0.421. The zero-order valence-corrected chi connectivity index (χ0v) is 18.4. The predicted molar refractivity (Wildman–Crippen MR) is 117 cm³/mol. The second-order valence-electron chi connectivity index (χ2n) is 6.05. The number of benzene rings is 1. The summed E-state index contributed by atoms with van der Waals surface area (Å²) in [5.41, 5.74) is -0.744. The molecule has 0 aliphatic heterocycles. The van der Waals surface area contributed by atoms with E-state index in [9.17, 15) is 18.3 Å². The summed E-state index contributed by atoms with van der Waals surface area (Å²) in [6.45, 7) is 4.08. The van der Waals surface area contributed by atoms with Crippen molar-refractivity contribution in [3.63, 3.8) is 0 Å². The first-order valence-electron chi connectivity index (χ1n) is 8.99. The van der Waals surface area contributed by atoms with E-state index in [4.69, 9.17) is 4.74 Å². The molecule has 6 nitrogen and oxygen atoms in total. The van der Waals surface area contributed by atoms with Gasteiger partial charge < -0.3 is 25.0 Å². The average molecular weight is 526 g/mol. The third-order valence-corrected chi connectivity index (χ3v) is 3.76. The molecule has 0 aliphatic rings. The molecule has 0 fully saturated rings. The number of guanidine groups is 1. The third kappa shape index (κ3) is 9.39. The largest absolute Gasteiger partial charge is 0.491 e. The van der Waals surface area contributed by atoms with E-state index in [0.717, 1.165) is 18.7 Å². The minimum Gasteiger partial charge on any atom is -0.491 e. The molecule has 0 amide bonds. The molecule has 1 unspecified atom stereocenters. The van der Waals surface area contributed by atoms with E-state index < -0.39 is 17.8 Å². The quantitative estimate of drug-likeness (QED) is 0.267. The fourth-order valence-electron chi connectivity index (χ4n) is 2.35. The van der Waals surface area contributed by atoms with Gasteiger partial charge in [-0.2, -0.15) is 13.2 Å². The molecular formula is C19H26F3IN4O2. The van der Waals surface area contributed by atoms with Gasteiger partial charge in [-0.05, 0) is 43.3 Å². The number of aromatic nitrogens is 1. The highest BCUT2D eigenvalue weighted by Crippen LogP contribution is 2.30. The van der Waals surface area contributed by atoms with Crippen LogP contribution in [0, 0.1) is 0 Å². The number of hydrogen-bond acceptors (Lipinski definition) is 3. The monoisotopic (exact) mass is 526 g/mol. The Labute approximate surface area is 185 Å². The van der Waals surface area contributed by atoms with Crippen molar-refractivity contribution in [3.05, 3.63) is 54.4 Å². The maximum absolute atomic E-state index is 12.5. The van der Waals surface area contributed by atoms with Crippen molar-refractivity contribution in [2.45, 2.75) is 25.7 Å². The van der Waals surface area contributed by atoms with Crippen LogP contribution in [0.2, 0.25) is 0 Å². The summed E-state index contributed by atoms with van der Waals surface area (Å²) in [4.78, 5) is 4.30. The molecule has 2 aromatic rings. The summed E-state index contributed by atoms with van der Waals surface area (Å²) in [5, 5.41) is 16.3. The van der Waals surface area contributed by atoms with Gasteiger partial charge in [0, 0.05) is 32.0 Å². The average Bonchev–Trinajstić information content (AvgIpc) is 3.17. The lowest BCUT2D eigenvalue weighted by molar-refractivity contribution is -0.137. The van der Waals surface area contributed by atoms with E-state index in [1.165, 1.54) is 12.1 Å². The van der Waals surface area contributed by atoms with Crippen molar-refractivity contribution in [1.29, 1.82) is 0 Å². The molecule has 162 valence electrons. The molecular weight excluding hydrogens is 500 g/mol. The number of ether oxygens (including phenoxy) is 1. The molecule has 1 atom stereocenters. The number of aliphatic imine (C=N–C) groups is 1. The van der Waals surface area contributed by atoms with Gasteiger partial charge in [0.1, 0.15) is 18.5 Å². The zero-order valence-electron chi connectivity index (χ0n) is 16.0. The molecule has 0 saturated carbocycles. The van der Waals surface area contributed by atoms with Crippen molar-refractivity contribution < 1.29 is 23.0 Å². The first-order valence-corrected chi connectivity index (χ1v) is 8.99. The van der Waals surface area contributed by atoms with Crippen molar-refractivity contribution >= 4 is 29.9 Å². The van der Waals surface area contributed by atoms with Crippen LogP contribution in [0.25, 0.3) is 0 Å². The van der Waals surface area contributed by atoms with Gasteiger partial charge in [-0.3, -0.25) is 4.99 Å². The lowest BCUT2D eigenvalue weighted by Crippen LogP contribution is -2.39. The number of hydrogen-bond donors (Lipinski definition) is 3. The maximum atomic E-state index is 12.5. The van der Waals surface area contributed by atoms with E-state index >= 15 is 0 Å². The predicted octanol–water partition coefficient (Wildman–Crippen LogP) is 3.12. The Kier molecular flexibility index (Phi) is 10.9. The van der Waals surface area contributed by atoms with Crippen LogP contribution in [0.1, 0.15) is 12.5 Å². The number of rotatable bonds is 9. The van der Waals surface area contributed by atoms with Gasteiger partial charge in [0.05, 0.1) is 12.1 Å². The van der Waals surface area contributed by atoms with Gasteiger partial charge in [0.15, 0.2) is 5.96 Å². The lowest BCUT2D eigenvalue weighted by Gasteiger charge is -2.14. The Bertz CT molecular complexity index is 722. The fourth-order valence-corrected chi connectivity index (χ4v) is 2.35. The van der Waals surface area contributed by atoms with Crippen molar-refractivity contribution in [2.75, 3.05) is 26.2 Å². The molecule has 0 radical (unpaired) electrons. The van der Waals surface area contributed by atoms with Crippen LogP contribution in [0.15, 0.2) is 53.8 Å². The van der Waals surface area contributed by atoms with Crippen LogP contribution in [0.4, 0.5) is 13.2 Å². The smallest absolute Gasteiger partial charge is 0.416 e. The second kappa shape index (κ2) is 12.6. The van der Waals surface area contributed by atoms with Crippen LogP contribution in [-0.2, 0) is 12.7 Å². The molecule has 0 spiro atoms. The molecule has 2 rings (SSSR count). The molecule has 10 heteroatoms. The second-order valence-corrected chi connectivity index (χ2v) is 6.05. The first-order chi connectivity index (χ1) is 13.4. The molecule has 0 bridgehead atoms. The van der Waals surface area contributed by atoms with E-state index in [-0.39, 0.29) is 42.9 Å². The first kappa shape index (κ1) is 25.1. The molecule has 1 aromatic heterocycles. The Hall–Kier alpha value is -1.95. The summed E-state index contributed by atoms with van der Waals surface area (Å²) >= 11 is 0. The van der Waals surface area contributed by atoms with Crippen LogP contribution in [0.3, 0.4) is 0 Å². The van der Waals surface area contributed by atoms with E-state index in [1.807, 2.05) is 36.0 Å². The van der Waals surface area contributed by atoms with Crippen LogP contribution in [0.5, 0.6) is 5.75 Å². The highest BCUT2D eigenvalue weighted by atomic mass is 127. The number of alkyl halides is 3. The molecule has 1 aromatic carbocycles. The summed E-state index contributed by atoms with van der Waals surface area (Å²) < 4.78 is 45.0. The number of aliphatic hydroxyl groups excluding tert-OH is 1. The Balaban J connectivity index is 0.00000420. The number of aliphatic hydroxyl groups is 1. The Morgan fingerprint density at radius 2 is 1.83 bits per heavy atom. The lowest BCUT2D eigenvalue weighted by atomic mass is 10.2. The van der Waals surface area contributed by atoms with Crippen LogP contribution >= 0.6 is 24.0 Å². The number of halogens is 4. The molecule has 0 saturated heterocycles. The third-order valence-electron chi connectivity index (χ3n) is 3.76. The summed E-state index contributed by atoms with van der Waals surface area (Å²) in [6, 6.07) is 8.24. The normalized spacial score (nSPS) is 12.8. The van der Waals surface area contributed by atoms with Gasteiger partial charge in [0.2, 0.25) is 0 Å². The van der Waals surface area contributed by atoms with Crippen molar-refractivity contribution in [1.82, 2.24) is 15.2 Å². The van der Waals surface area contributed by atoms with Gasteiger partial charge in [-0.25, -0.2) is 0 Å². The molecule has 3 N–H and O–H groups in total. The number of nitrogens with zero attached hydrogens (tertiary/aromatic N) is 2. The maximum Gasteiger partial charge on any atom is 0.416 e. The minimum absolute atomic E-state index is 0. The van der Waals surface area contributed by atoms with Gasteiger partial charge in [-0.15, -0.1) is 24.0 Å². The zero-order chi connectivity index (χ0) is 20.4. The summed E-state index contributed by atoms with van der Waals surface area (Å²) in [7, 11) is 0. The molecule has 1 heterocycles. The summed E-state index contributed by atoms with van der Waals surface area (Å²) in [6.07, 6.45) is -1.34. The van der Waals surface area contributed by atoms with Crippen LogP contribution in [-0.4, -0.2) is 48.0 Å². The van der Waals surface area contributed by atoms with Crippen LogP contribution < -0.4 is 15.4 Å². The highest BCUT2D eigenvalue weighted by molar-refractivity contribution is 14.0. The summed E-state index contributed by atoms with van der Waals surface area (Å²) in [5.74, 6) is 0.830. The number of nitrogens with one attached hydrogen (secondary N) is 2. The topological polar surface area (TPSA) is 70.8 Å². The van der Waals surface area contributed by atoms with E-state index in [0.29, 0.717) is 19.0 Å². The van der Waals surface area contributed by atoms with Crippen molar-refractivity contribution in [3.8, 4) is 5.75 Å². The van der Waals surface area contributed by atoms with E-state index in [2.05, 4.69) is 15.6 Å². The molecule has 0 aliphatic carbocycles. The molecule has 29 heavy (non-hydrogen) atoms. The van der Waals surface area contributed by atoms with Gasteiger partial charge >= 0.3 is 6.18 Å². The standard InChI is InChI=1S/C19H25F3N4O2.HI/c1-2-23-18(24-9-12-26-10-3-4-11-26)25-13-16(27)14-28-17-7-5-15(6-8-17)19(20,21)22;/h3-8,10-11,16,27H,2,9,12-14H2,1H3,(H2,23,24,25);1H. The van der Waals surface area contributed by atoms with Gasteiger partial charge in [0.25, 0.3) is 0 Å². The minimum atomic E-state index is -4.39.